The van der Waals surface area contributed by atoms with Crippen LogP contribution in [0.5, 0.6) is 5.88 Å². The van der Waals surface area contributed by atoms with Crippen molar-refractivity contribution in [2.24, 2.45) is 10.2 Å². The SMILES string of the molecule is CS(=O)(=O)N(CC(=O)N=Nc1c(O)[nH]c2ccccc12)c1cccc(F)c1. The highest BCUT2D eigenvalue weighted by Crippen LogP contribution is 2.35. The molecule has 0 saturated heterocycles. The summed E-state index contributed by atoms with van der Waals surface area (Å²) >= 11 is 0. The summed E-state index contributed by atoms with van der Waals surface area (Å²) in [4.78, 5) is 14.8. The lowest BCUT2D eigenvalue weighted by molar-refractivity contribution is -0.116. The van der Waals surface area contributed by atoms with E-state index < -0.39 is 28.3 Å². The Kier molecular flexibility index (Phi) is 4.91. The van der Waals surface area contributed by atoms with Gasteiger partial charge in [0, 0.05) is 5.39 Å². The molecule has 10 heteroatoms. The first kappa shape index (κ1) is 18.5. The third kappa shape index (κ3) is 4.11. The molecule has 0 aliphatic heterocycles. The predicted molar refractivity (Wildman–Crippen MR) is 98.1 cm³/mol. The summed E-state index contributed by atoms with van der Waals surface area (Å²) in [5, 5.41) is 17.7. The predicted octanol–water partition coefficient (Wildman–Crippen LogP) is 3.09. The van der Waals surface area contributed by atoms with Gasteiger partial charge in [0.25, 0.3) is 5.91 Å². The Morgan fingerprint density at radius 2 is 1.96 bits per heavy atom. The van der Waals surface area contributed by atoms with Gasteiger partial charge in [-0.3, -0.25) is 9.10 Å². The number of hydrogen-bond acceptors (Lipinski definition) is 5. The summed E-state index contributed by atoms with van der Waals surface area (Å²) in [5.41, 5.74) is 0.667. The standard InChI is InChI=1S/C17H15FN4O4S/c1-27(25,26)22(12-6-4-5-11(18)9-12)10-15(23)20-21-16-13-7-2-3-8-14(13)19-17(16)24/h2-9,19,24H,10H2,1H3. The smallest absolute Gasteiger partial charge is 0.285 e. The molecular weight excluding hydrogens is 375 g/mol. The van der Waals surface area contributed by atoms with E-state index in [0.717, 1.165) is 22.7 Å². The average Bonchev–Trinajstić information content (AvgIpc) is 2.92. The highest BCUT2D eigenvalue weighted by Gasteiger charge is 2.21. The minimum Gasteiger partial charge on any atom is -0.493 e. The van der Waals surface area contributed by atoms with E-state index in [0.29, 0.717) is 10.9 Å². The summed E-state index contributed by atoms with van der Waals surface area (Å²) in [6.45, 7) is -0.658. The molecule has 0 fully saturated rings. The van der Waals surface area contributed by atoms with Crippen LogP contribution in [0, 0.1) is 5.82 Å². The zero-order chi connectivity index (χ0) is 19.6. The van der Waals surface area contributed by atoms with Gasteiger partial charge in [0.05, 0.1) is 17.5 Å². The number of halogens is 1. The molecule has 0 radical (unpaired) electrons. The van der Waals surface area contributed by atoms with Crippen molar-refractivity contribution in [3.05, 3.63) is 54.3 Å². The Bertz CT molecular complexity index is 1140. The van der Waals surface area contributed by atoms with Crippen molar-refractivity contribution in [1.29, 1.82) is 0 Å². The molecule has 1 aromatic heterocycles. The zero-order valence-corrected chi connectivity index (χ0v) is 14.9. The van der Waals surface area contributed by atoms with Crippen molar-refractivity contribution in [2.75, 3.05) is 17.1 Å². The van der Waals surface area contributed by atoms with Gasteiger partial charge in [0.2, 0.25) is 15.9 Å². The maximum Gasteiger partial charge on any atom is 0.285 e. The fourth-order valence-electron chi connectivity index (χ4n) is 2.51. The maximum absolute atomic E-state index is 13.4. The Morgan fingerprint density at radius 3 is 2.67 bits per heavy atom. The summed E-state index contributed by atoms with van der Waals surface area (Å²) in [7, 11) is -3.86. The van der Waals surface area contributed by atoms with Gasteiger partial charge in [-0.1, -0.05) is 24.3 Å². The van der Waals surface area contributed by atoms with Crippen LogP contribution in [-0.2, 0) is 14.8 Å². The Morgan fingerprint density at radius 1 is 1.22 bits per heavy atom. The molecule has 0 bridgehead atoms. The van der Waals surface area contributed by atoms with Crippen LogP contribution in [0.25, 0.3) is 10.9 Å². The summed E-state index contributed by atoms with van der Waals surface area (Å²) in [6, 6.07) is 11.7. The number of sulfonamides is 1. The van der Waals surface area contributed by atoms with E-state index in [-0.39, 0.29) is 17.3 Å². The molecule has 1 heterocycles. The number of aromatic nitrogens is 1. The second-order valence-corrected chi connectivity index (χ2v) is 7.62. The van der Waals surface area contributed by atoms with Gasteiger partial charge in [-0.25, -0.2) is 12.8 Å². The molecule has 8 nitrogen and oxygen atoms in total. The van der Waals surface area contributed by atoms with Gasteiger partial charge >= 0.3 is 0 Å². The largest absolute Gasteiger partial charge is 0.493 e. The summed E-state index contributed by atoms with van der Waals surface area (Å²) < 4.78 is 38.1. The molecule has 0 atom stereocenters. The number of carbonyl (C=O) groups is 1. The van der Waals surface area contributed by atoms with E-state index >= 15 is 0 Å². The van der Waals surface area contributed by atoms with Crippen molar-refractivity contribution in [3.63, 3.8) is 0 Å². The molecular formula is C17H15FN4O4S. The Hall–Kier alpha value is -3.27. The zero-order valence-electron chi connectivity index (χ0n) is 14.1. The highest BCUT2D eigenvalue weighted by molar-refractivity contribution is 7.92. The molecule has 0 aliphatic carbocycles. The first-order chi connectivity index (χ1) is 12.8. The molecule has 2 N–H and O–H groups in total. The lowest BCUT2D eigenvalue weighted by Crippen LogP contribution is -2.34. The van der Waals surface area contributed by atoms with Crippen LogP contribution < -0.4 is 4.31 Å². The number of carbonyl (C=O) groups excluding carboxylic acids is 1. The van der Waals surface area contributed by atoms with Gasteiger partial charge in [0.15, 0.2) is 5.69 Å². The fourth-order valence-corrected chi connectivity index (χ4v) is 3.35. The van der Waals surface area contributed by atoms with E-state index in [1.807, 2.05) is 0 Å². The summed E-state index contributed by atoms with van der Waals surface area (Å²) in [6.07, 6.45) is 0.897. The van der Waals surface area contributed by atoms with Crippen LogP contribution in [0.1, 0.15) is 0 Å². The number of rotatable bonds is 5. The quantitative estimate of drug-likeness (QED) is 0.651. The molecule has 3 rings (SSSR count). The fraction of sp³-hybridized carbons (Fsp3) is 0.118. The maximum atomic E-state index is 13.4. The van der Waals surface area contributed by atoms with Crippen LogP contribution in [0.3, 0.4) is 0 Å². The van der Waals surface area contributed by atoms with Crippen molar-refractivity contribution in [3.8, 4) is 5.88 Å². The number of anilines is 1. The summed E-state index contributed by atoms with van der Waals surface area (Å²) in [5.74, 6) is -1.79. The number of aromatic amines is 1. The highest BCUT2D eigenvalue weighted by atomic mass is 32.2. The minimum absolute atomic E-state index is 0.00371. The van der Waals surface area contributed by atoms with Crippen molar-refractivity contribution in [2.45, 2.75) is 0 Å². The van der Waals surface area contributed by atoms with Crippen LogP contribution in [-0.4, -0.2) is 37.2 Å². The number of benzene rings is 2. The van der Waals surface area contributed by atoms with E-state index in [4.69, 9.17) is 0 Å². The number of hydrogen-bond donors (Lipinski definition) is 2. The molecule has 3 aromatic rings. The van der Waals surface area contributed by atoms with Gasteiger partial charge in [-0.15, -0.1) is 10.2 Å². The van der Waals surface area contributed by atoms with E-state index in [1.165, 1.54) is 12.1 Å². The molecule has 0 saturated carbocycles. The van der Waals surface area contributed by atoms with Gasteiger partial charge in [-0.05, 0) is 24.3 Å². The molecule has 27 heavy (non-hydrogen) atoms. The van der Waals surface area contributed by atoms with Crippen molar-refractivity contribution in [1.82, 2.24) is 4.98 Å². The Balaban J connectivity index is 1.86. The number of fused-ring (bicyclic) bond motifs is 1. The molecule has 2 aromatic carbocycles. The molecule has 0 aliphatic rings. The number of azo groups is 1. The van der Waals surface area contributed by atoms with Crippen LogP contribution >= 0.6 is 0 Å². The topological polar surface area (TPSA) is 115 Å². The normalized spacial score (nSPS) is 11.9. The molecule has 1 amide bonds. The minimum atomic E-state index is -3.86. The first-order valence-corrected chi connectivity index (χ1v) is 9.58. The number of H-pyrrole nitrogens is 1. The van der Waals surface area contributed by atoms with Crippen molar-refractivity contribution < 1.29 is 22.7 Å². The second-order valence-electron chi connectivity index (χ2n) is 5.71. The van der Waals surface area contributed by atoms with Gasteiger partial charge < -0.3 is 10.1 Å². The number of nitrogens with zero attached hydrogens (tertiary/aromatic N) is 3. The average molecular weight is 390 g/mol. The first-order valence-electron chi connectivity index (χ1n) is 7.73. The molecule has 140 valence electrons. The van der Waals surface area contributed by atoms with Crippen LogP contribution in [0.4, 0.5) is 15.8 Å². The van der Waals surface area contributed by atoms with E-state index in [9.17, 15) is 22.7 Å². The number of nitrogens with one attached hydrogen (secondary N) is 1. The molecule has 0 unspecified atom stereocenters. The van der Waals surface area contributed by atoms with Crippen molar-refractivity contribution >= 4 is 38.2 Å². The van der Waals surface area contributed by atoms with Gasteiger partial charge in [0.1, 0.15) is 12.4 Å². The lowest BCUT2D eigenvalue weighted by Gasteiger charge is -2.20. The number of amides is 1. The second kappa shape index (κ2) is 7.16. The number of para-hydroxylation sites is 1. The van der Waals surface area contributed by atoms with E-state index in [1.54, 1.807) is 24.3 Å². The van der Waals surface area contributed by atoms with E-state index in [2.05, 4.69) is 15.2 Å². The Labute approximate surface area is 154 Å². The monoisotopic (exact) mass is 390 g/mol. The number of aromatic hydroxyl groups is 1. The van der Waals surface area contributed by atoms with Crippen LogP contribution in [0.2, 0.25) is 0 Å². The third-order valence-electron chi connectivity index (χ3n) is 3.70. The molecule has 0 spiro atoms. The lowest BCUT2D eigenvalue weighted by atomic mass is 10.2. The van der Waals surface area contributed by atoms with Gasteiger partial charge in [-0.2, -0.15) is 0 Å². The third-order valence-corrected chi connectivity index (χ3v) is 4.84. The van der Waals surface area contributed by atoms with Crippen LogP contribution in [0.15, 0.2) is 58.8 Å².